The second-order valence-electron chi connectivity index (χ2n) is 11.2. The molecule has 5 heterocycles. The Kier molecular flexibility index (Phi) is 8.22. The van der Waals surface area contributed by atoms with E-state index in [2.05, 4.69) is 0 Å². The van der Waals surface area contributed by atoms with Crippen LogP contribution in [0.3, 0.4) is 0 Å². The second kappa shape index (κ2) is 12.6. The maximum absolute atomic E-state index is 14.3. The fourth-order valence-corrected chi connectivity index (χ4v) is 7.25. The van der Waals surface area contributed by atoms with Crippen LogP contribution in [-0.2, 0) is 25.6 Å². The van der Waals surface area contributed by atoms with Crippen molar-refractivity contribution in [1.29, 1.82) is 0 Å². The number of hydrogen-bond donors (Lipinski definition) is 0. The van der Waals surface area contributed by atoms with Gasteiger partial charge >= 0.3 is 5.97 Å². The highest BCUT2D eigenvalue weighted by molar-refractivity contribution is 7.07. The van der Waals surface area contributed by atoms with Gasteiger partial charge in [-0.25, -0.2) is 9.79 Å². The topological polar surface area (TPSA) is 114 Å². The van der Waals surface area contributed by atoms with Crippen molar-refractivity contribution in [2.45, 2.75) is 39.3 Å². The smallest absolute Gasteiger partial charge is 0.338 e. The van der Waals surface area contributed by atoms with Gasteiger partial charge in [0.25, 0.3) is 5.56 Å². The molecule has 0 unspecified atom stereocenters. The van der Waals surface area contributed by atoms with Crippen molar-refractivity contribution in [3.8, 4) is 11.5 Å². The zero-order valence-corrected chi connectivity index (χ0v) is 26.5. The lowest BCUT2D eigenvalue weighted by Crippen LogP contribution is -2.42. The van der Waals surface area contributed by atoms with E-state index in [0.29, 0.717) is 70.4 Å². The average Bonchev–Trinajstić information content (AvgIpc) is 3.77. The van der Waals surface area contributed by atoms with Gasteiger partial charge in [0.15, 0.2) is 16.3 Å². The van der Waals surface area contributed by atoms with Crippen LogP contribution < -0.4 is 24.4 Å². The molecule has 4 aromatic rings. The van der Waals surface area contributed by atoms with Crippen LogP contribution in [0.15, 0.2) is 69.7 Å². The minimum absolute atomic E-state index is 0.0219. The van der Waals surface area contributed by atoms with Gasteiger partial charge in [0.1, 0.15) is 6.54 Å². The summed E-state index contributed by atoms with van der Waals surface area (Å²) in [7, 11) is 0. The van der Waals surface area contributed by atoms with Crippen molar-refractivity contribution in [1.82, 2.24) is 14.0 Å². The number of para-hydroxylation sites is 1. The summed E-state index contributed by atoms with van der Waals surface area (Å²) in [4.78, 5) is 48.2. The lowest BCUT2D eigenvalue weighted by Gasteiger charge is -2.27. The number of morpholine rings is 1. The van der Waals surface area contributed by atoms with E-state index >= 15 is 0 Å². The van der Waals surface area contributed by atoms with Gasteiger partial charge in [0.05, 0.1) is 41.7 Å². The van der Waals surface area contributed by atoms with Crippen molar-refractivity contribution in [2.24, 2.45) is 4.99 Å². The van der Waals surface area contributed by atoms with Crippen molar-refractivity contribution in [3.05, 3.63) is 90.7 Å². The first-order valence-corrected chi connectivity index (χ1v) is 16.3. The normalized spacial score (nSPS) is 17.7. The summed E-state index contributed by atoms with van der Waals surface area (Å²) in [6.45, 7) is 6.48. The summed E-state index contributed by atoms with van der Waals surface area (Å²) in [5.41, 5.74) is 3.09. The molecule has 0 spiro atoms. The summed E-state index contributed by atoms with van der Waals surface area (Å²) in [6, 6.07) is 12.5. The van der Waals surface area contributed by atoms with Gasteiger partial charge in [-0.1, -0.05) is 48.9 Å². The third-order valence-electron chi connectivity index (χ3n) is 8.38. The number of thiazole rings is 1. The number of amides is 1. The van der Waals surface area contributed by atoms with Crippen molar-refractivity contribution in [2.75, 3.05) is 39.7 Å². The van der Waals surface area contributed by atoms with Crippen LogP contribution in [0.5, 0.6) is 11.5 Å². The van der Waals surface area contributed by atoms with Crippen LogP contribution in [-0.4, -0.2) is 65.6 Å². The highest BCUT2D eigenvalue weighted by atomic mass is 32.1. The number of carbonyl (C=O) groups excluding carboxylic acids is 2. The summed E-state index contributed by atoms with van der Waals surface area (Å²) < 4.78 is 26.1. The van der Waals surface area contributed by atoms with Crippen LogP contribution in [0.2, 0.25) is 0 Å². The molecular formula is C34H34N4O7S. The Bertz CT molecular complexity index is 2050. The summed E-state index contributed by atoms with van der Waals surface area (Å²) >= 11 is 1.28. The zero-order chi connectivity index (χ0) is 31.8. The number of hydrogen-bond acceptors (Lipinski definition) is 9. The molecule has 3 aliphatic rings. The number of ether oxygens (including phenoxy) is 4. The lowest BCUT2D eigenvalue weighted by atomic mass is 9.94. The van der Waals surface area contributed by atoms with Crippen LogP contribution in [0.4, 0.5) is 0 Å². The molecule has 1 amide bonds. The van der Waals surface area contributed by atoms with Gasteiger partial charge in [-0.05, 0) is 43.2 Å². The third-order valence-corrected chi connectivity index (χ3v) is 9.36. The first-order valence-electron chi connectivity index (χ1n) is 15.5. The van der Waals surface area contributed by atoms with E-state index in [4.69, 9.17) is 23.9 Å². The predicted molar refractivity (Wildman–Crippen MR) is 172 cm³/mol. The third kappa shape index (κ3) is 5.41. The number of carbonyl (C=O) groups is 2. The Hall–Kier alpha value is -4.68. The van der Waals surface area contributed by atoms with Crippen LogP contribution in [0.25, 0.3) is 17.0 Å². The molecule has 1 saturated heterocycles. The number of fused-ring (bicyclic) bond motifs is 3. The number of rotatable bonds is 8. The molecule has 0 radical (unpaired) electrons. The Balaban J connectivity index is 1.36. The largest absolute Gasteiger partial charge is 0.463 e. The molecule has 1 atom stereocenters. The first-order chi connectivity index (χ1) is 22.5. The minimum Gasteiger partial charge on any atom is -0.463 e. The van der Waals surface area contributed by atoms with Crippen molar-refractivity contribution in [3.63, 3.8) is 0 Å². The summed E-state index contributed by atoms with van der Waals surface area (Å²) in [5.74, 6) is 0.680. The SMILES string of the molecule is CCCC1=C(C(=O)OCC)[C@@H](c2ccc3c(c2)OCO3)n2c(s/c(=C/c3cn(CC(=O)N4CCOCC4)c4ccccc34)c2=O)=N1. The Morgan fingerprint density at radius 3 is 2.70 bits per heavy atom. The monoisotopic (exact) mass is 642 g/mol. The van der Waals surface area contributed by atoms with Gasteiger partial charge in [0, 0.05) is 35.8 Å². The van der Waals surface area contributed by atoms with E-state index in [-0.39, 0.29) is 31.4 Å². The number of nitrogens with zero attached hydrogens (tertiary/aromatic N) is 4. The first kappa shape index (κ1) is 30.0. The molecule has 1 fully saturated rings. The molecule has 12 heteroatoms. The van der Waals surface area contributed by atoms with Gasteiger partial charge in [-0.3, -0.25) is 14.2 Å². The Morgan fingerprint density at radius 1 is 1.09 bits per heavy atom. The zero-order valence-electron chi connectivity index (χ0n) is 25.7. The highest BCUT2D eigenvalue weighted by Crippen LogP contribution is 2.39. The predicted octanol–water partition coefficient (Wildman–Crippen LogP) is 3.12. The van der Waals surface area contributed by atoms with Gasteiger partial charge in [-0.15, -0.1) is 0 Å². The van der Waals surface area contributed by atoms with Crippen molar-refractivity contribution < 1.29 is 28.5 Å². The molecule has 0 N–H and O–H groups in total. The summed E-state index contributed by atoms with van der Waals surface area (Å²) in [5, 5.41) is 0.925. The van der Waals surface area contributed by atoms with Gasteiger partial charge in [-0.2, -0.15) is 0 Å². The quantitative estimate of drug-likeness (QED) is 0.272. The van der Waals surface area contributed by atoms with Gasteiger partial charge < -0.3 is 28.4 Å². The highest BCUT2D eigenvalue weighted by Gasteiger charge is 2.35. The molecule has 7 rings (SSSR count). The Labute approximate surface area is 268 Å². The fraction of sp³-hybridized carbons (Fsp3) is 0.353. The molecule has 11 nitrogen and oxygen atoms in total. The van der Waals surface area contributed by atoms with E-state index in [1.807, 2.05) is 65.1 Å². The molecular weight excluding hydrogens is 608 g/mol. The number of benzene rings is 2. The van der Waals surface area contributed by atoms with E-state index in [1.165, 1.54) is 11.3 Å². The lowest BCUT2D eigenvalue weighted by molar-refractivity contribution is -0.139. The van der Waals surface area contributed by atoms with E-state index in [0.717, 1.165) is 22.9 Å². The van der Waals surface area contributed by atoms with Crippen LogP contribution >= 0.6 is 11.3 Å². The van der Waals surface area contributed by atoms with Crippen molar-refractivity contribution >= 4 is 40.2 Å². The second-order valence-corrected chi connectivity index (χ2v) is 12.3. The molecule has 3 aliphatic heterocycles. The Morgan fingerprint density at radius 2 is 1.89 bits per heavy atom. The average molecular weight is 643 g/mol. The number of allylic oxidation sites excluding steroid dienone is 1. The summed E-state index contributed by atoms with van der Waals surface area (Å²) in [6.07, 6.45) is 5.08. The molecule has 0 bridgehead atoms. The molecule has 0 aliphatic carbocycles. The molecule has 46 heavy (non-hydrogen) atoms. The van der Waals surface area contributed by atoms with E-state index in [1.54, 1.807) is 17.6 Å². The minimum atomic E-state index is -0.763. The van der Waals surface area contributed by atoms with E-state index in [9.17, 15) is 14.4 Å². The number of esters is 1. The van der Waals surface area contributed by atoms with Gasteiger partial charge in [0.2, 0.25) is 12.7 Å². The molecule has 2 aromatic carbocycles. The van der Waals surface area contributed by atoms with Crippen LogP contribution in [0, 0.1) is 0 Å². The molecule has 0 saturated carbocycles. The van der Waals surface area contributed by atoms with Crippen LogP contribution in [0.1, 0.15) is 43.9 Å². The molecule has 238 valence electrons. The number of aromatic nitrogens is 2. The van der Waals surface area contributed by atoms with E-state index < -0.39 is 12.0 Å². The molecule has 2 aromatic heterocycles. The fourth-order valence-electron chi connectivity index (χ4n) is 6.24. The maximum atomic E-state index is 14.3. The standard InChI is InChI=1S/C34H34N4O7S/c1-3-7-24-30(33(41)43-4-2)31(21-10-11-26-27(16-21)45-20-44-26)38-32(40)28(46-34(38)35-24)17-22-18-37(25-9-6-5-8-23(22)25)19-29(39)36-12-14-42-15-13-36/h5-6,8-11,16-18,31H,3-4,7,12-15,19-20H2,1-2H3/b28-17+/t31-/m1/s1. The maximum Gasteiger partial charge on any atom is 0.338 e.